The summed E-state index contributed by atoms with van der Waals surface area (Å²) >= 11 is 0. The molecule has 0 spiro atoms. The molecule has 1 aliphatic heterocycles. The number of likely N-dealkylation sites (tertiary alicyclic amines) is 1. The molecule has 0 radical (unpaired) electrons. The number of hydrogen-bond acceptors (Lipinski definition) is 9. The average Bonchev–Trinajstić information content (AvgIpc) is 3.36. The fourth-order valence-electron chi connectivity index (χ4n) is 6.98. The first-order chi connectivity index (χ1) is 23.9. The van der Waals surface area contributed by atoms with Crippen molar-refractivity contribution in [1.82, 2.24) is 20.9 Å². The van der Waals surface area contributed by atoms with Crippen LogP contribution >= 0.6 is 0 Å². The predicted octanol–water partition coefficient (Wildman–Crippen LogP) is 4.13. The van der Waals surface area contributed by atoms with E-state index < -0.39 is 58.9 Å². The largest absolute Gasteiger partial charge is 0.456 e. The van der Waals surface area contributed by atoms with Gasteiger partial charge >= 0.3 is 6.09 Å². The minimum Gasteiger partial charge on any atom is -0.456 e. The molecule has 50 heavy (non-hydrogen) atoms. The summed E-state index contributed by atoms with van der Waals surface area (Å²) in [5.41, 5.74) is -0.913. The van der Waals surface area contributed by atoms with Gasteiger partial charge < -0.3 is 29.5 Å². The Balaban J connectivity index is 1.31. The minimum absolute atomic E-state index is 0.0261. The van der Waals surface area contributed by atoms with Crippen molar-refractivity contribution >= 4 is 45.8 Å². The zero-order chi connectivity index (χ0) is 35.6. The highest BCUT2D eigenvalue weighted by molar-refractivity contribution is 5.99. The lowest BCUT2D eigenvalue weighted by atomic mass is 9.85. The average molecular weight is 683 g/mol. The van der Waals surface area contributed by atoms with Gasteiger partial charge in [0.25, 0.3) is 5.91 Å². The van der Waals surface area contributed by atoms with E-state index in [0.29, 0.717) is 16.5 Å². The summed E-state index contributed by atoms with van der Waals surface area (Å²) in [5.74, 6) is -2.16. The number of amides is 4. The number of nitriles is 1. The predicted molar refractivity (Wildman–Crippen MR) is 182 cm³/mol. The molecule has 1 unspecified atom stereocenters. The van der Waals surface area contributed by atoms with Gasteiger partial charge in [0.15, 0.2) is 6.19 Å². The van der Waals surface area contributed by atoms with Crippen molar-refractivity contribution in [3.63, 3.8) is 0 Å². The second kappa shape index (κ2) is 13.9. The highest BCUT2D eigenvalue weighted by atomic mass is 16.6. The molecule has 13 heteroatoms. The third-order valence-corrected chi connectivity index (χ3v) is 9.82. The Morgan fingerprint density at radius 3 is 2.28 bits per heavy atom. The lowest BCUT2D eigenvalue weighted by molar-refractivity contribution is -0.143. The Bertz CT molecular complexity index is 1880. The molecule has 2 saturated carbocycles. The Labute approximate surface area is 289 Å². The van der Waals surface area contributed by atoms with Crippen LogP contribution in [-0.4, -0.2) is 65.1 Å². The van der Waals surface area contributed by atoms with Crippen LogP contribution in [0.15, 0.2) is 70.8 Å². The second-order valence-corrected chi connectivity index (χ2v) is 14.3. The third-order valence-electron chi connectivity index (χ3n) is 9.82. The molecule has 2 aromatic carbocycles. The Kier molecular flexibility index (Phi) is 9.56. The monoisotopic (exact) mass is 682 g/mol. The molecule has 262 valence electrons. The SMILES string of the molecule is C=CC1C[C@]1(NC(=O)[C@@H]1C[C@@H](ON=c2c3ccccc3oc3ccccc23)CN1C(=O)[C@H](NC(=O)OC1CCCC1)C(C)(C)C)C(=O)NC#N. The molecule has 1 saturated heterocycles. The van der Waals surface area contributed by atoms with Crippen LogP contribution in [0.3, 0.4) is 0 Å². The van der Waals surface area contributed by atoms with Crippen molar-refractivity contribution in [2.75, 3.05) is 6.54 Å². The summed E-state index contributed by atoms with van der Waals surface area (Å²) < 4.78 is 11.7. The van der Waals surface area contributed by atoms with E-state index in [1.54, 1.807) is 12.3 Å². The van der Waals surface area contributed by atoms with Crippen LogP contribution in [0.5, 0.6) is 0 Å². The number of alkyl carbamates (subject to hydrolysis) is 1. The van der Waals surface area contributed by atoms with Gasteiger partial charge in [-0.15, -0.1) is 6.58 Å². The van der Waals surface area contributed by atoms with E-state index in [-0.39, 0.29) is 25.5 Å². The van der Waals surface area contributed by atoms with Crippen molar-refractivity contribution in [1.29, 1.82) is 5.26 Å². The number of carbonyl (C=O) groups is 4. The van der Waals surface area contributed by atoms with Crippen LogP contribution in [0.25, 0.3) is 21.9 Å². The highest BCUT2D eigenvalue weighted by Gasteiger charge is 2.61. The smallest absolute Gasteiger partial charge is 0.408 e. The summed E-state index contributed by atoms with van der Waals surface area (Å²) in [6, 6.07) is 12.7. The number of rotatable bonds is 9. The van der Waals surface area contributed by atoms with Gasteiger partial charge in [0, 0.05) is 23.1 Å². The first-order valence-electron chi connectivity index (χ1n) is 17.0. The van der Waals surface area contributed by atoms with Gasteiger partial charge in [-0.3, -0.25) is 19.7 Å². The fraction of sp³-hybridized carbons (Fsp3) is 0.459. The molecule has 1 aromatic heterocycles. The van der Waals surface area contributed by atoms with Gasteiger partial charge in [0.2, 0.25) is 11.8 Å². The normalized spacial score (nSPS) is 23.8. The van der Waals surface area contributed by atoms with Crippen LogP contribution in [0.1, 0.15) is 59.3 Å². The first kappa shape index (κ1) is 34.5. The molecule has 3 aromatic rings. The van der Waals surface area contributed by atoms with E-state index >= 15 is 0 Å². The van der Waals surface area contributed by atoms with Gasteiger partial charge in [-0.2, -0.15) is 5.26 Å². The molecule has 5 atom stereocenters. The molecular formula is C37H42N6O7. The summed E-state index contributed by atoms with van der Waals surface area (Å²) in [7, 11) is 0. The van der Waals surface area contributed by atoms with E-state index in [9.17, 15) is 19.2 Å². The standard InChI is InChI=1S/C37H42N6O7/c1-5-22-19-37(22,34(46)39-21-38)41-32(44)27-18-24(50-42-30-25-14-8-10-16-28(25)49-29-17-11-9-15-26(29)30)20-43(27)33(45)31(36(2,3)4)40-35(47)48-23-12-6-7-13-23/h5,8-11,14-17,22-24,27,31H,1,6-7,12-13,18-20H2,2-4H3,(H,39,46)(H,40,47)(H,41,44)/t22?,24-,27+,31+,37-/m1/s1. The number of benzene rings is 2. The molecule has 3 N–H and O–H groups in total. The molecule has 3 aliphatic rings. The van der Waals surface area contributed by atoms with Crippen molar-refractivity contribution < 1.29 is 33.2 Å². The zero-order valence-corrected chi connectivity index (χ0v) is 28.4. The maximum Gasteiger partial charge on any atom is 0.408 e. The number of para-hydroxylation sites is 2. The lowest BCUT2D eigenvalue weighted by Crippen LogP contribution is -2.59. The number of hydrogen-bond donors (Lipinski definition) is 3. The molecule has 2 aliphatic carbocycles. The molecular weight excluding hydrogens is 640 g/mol. The molecule has 13 nitrogen and oxygen atoms in total. The van der Waals surface area contributed by atoms with Gasteiger partial charge in [-0.25, -0.2) is 4.79 Å². The van der Waals surface area contributed by atoms with E-state index in [4.69, 9.17) is 19.3 Å². The highest BCUT2D eigenvalue weighted by Crippen LogP contribution is 2.45. The van der Waals surface area contributed by atoms with Crippen molar-refractivity contribution in [2.24, 2.45) is 16.5 Å². The fourth-order valence-corrected chi connectivity index (χ4v) is 6.98. The van der Waals surface area contributed by atoms with E-state index in [1.165, 1.54) is 4.90 Å². The van der Waals surface area contributed by atoms with E-state index in [0.717, 1.165) is 36.5 Å². The quantitative estimate of drug-likeness (QED) is 0.0993. The molecule has 4 amide bonds. The van der Waals surface area contributed by atoms with Gasteiger partial charge in [0.05, 0.1) is 6.54 Å². The third kappa shape index (κ3) is 6.88. The molecule has 0 bridgehead atoms. The maximum atomic E-state index is 14.4. The van der Waals surface area contributed by atoms with Crippen molar-refractivity contribution in [3.8, 4) is 6.19 Å². The Morgan fingerprint density at radius 1 is 1.06 bits per heavy atom. The number of nitrogens with one attached hydrogen (secondary N) is 3. The summed E-state index contributed by atoms with van der Waals surface area (Å²) in [6.45, 7) is 9.18. The van der Waals surface area contributed by atoms with Gasteiger partial charge in [-0.05, 0) is 61.8 Å². The number of carbonyl (C=O) groups excluding carboxylic acids is 4. The summed E-state index contributed by atoms with van der Waals surface area (Å²) in [5, 5.41) is 23.4. The number of fused-ring (bicyclic) bond motifs is 2. The van der Waals surface area contributed by atoms with Crippen LogP contribution in [0, 0.1) is 22.8 Å². The van der Waals surface area contributed by atoms with Crippen LogP contribution < -0.4 is 21.3 Å². The molecule has 2 heterocycles. The van der Waals surface area contributed by atoms with Crippen LogP contribution in [0.2, 0.25) is 0 Å². The zero-order valence-electron chi connectivity index (χ0n) is 28.4. The van der Waals surface area contributed by atoms with E-state index in [1.807, 2.05) is 69.3 Å². The van der Waals surface area contributed by atoms with Crippen molar-refractivity contribution in [2.45, 2.75) is 89.1 Å². The van der Waals surface area contributed by atoms with Gasteiger partial charge in [-0.1, -0.05) is 56.3 Å². The first-order valence-corrected chi connectivity index (χ1v) is 17.0. The van der Waals surface area contributed by atoms with Crippen LogP contribution in [0.4, 0.5) is 4.79 Å². The molecule has 3 fully saturated rings. The summed E-state index contributed by atoms with van der Waals surface area (Å²) in [4.78, 5) is 61.9. The van der Waals surface area contributed by atoms with Crippen LogP contribution in [-0.2, 0) is 24.0 Å². The number of nitrogens with zero attached hydrogens (tertiary/aromatic N) is 3. The summed E-state index contributed by atoms with van der Waals surface area (Å²) in [6.07, 6.45) is 5.33. The van der Waals surface area contributed by atoms with Gasteiger partial charge in [0.1, 0.15) is 46.4 Å². The lowest BCUT2D eigenvalue weighted by Gasteiger charge is -2.35. The van der Waals surface area contributed by atoms with Crippen molar-refractivity contribution in [3.05, 3.63) is 66.5 Å². The second-order valence-electron chi connectivity index (χ2n) is 14.3. The maximum absolute atomic E-state index is 14.4. The number of ether oxygens (including phenoxy) is 1. The Hall–Kier alpha value is -5.38. The van der Waals surface area contributed by atoms with E-state index in [2.05, 4.69) is 27.7 Å². The minimum atomic E-state index is -1.37. The Morgan fingerprint density at radius 2 is 1.70 bits per heavy atom. The topological polar surface area (TPSA) is 175 Å². The molecule has 6 rings (SSSR count).